The lowest BCUT2D eigenvalue weighted by Gasteiger charge is -2.32. The first-order chi connectivity index (χ1) is 13.5. The third-order valence-electron chi connectivity index (χ3n) is 4.31. The van der Waals surface area contributed by atoms with Crippen LogP contribution in [0.15, 0.2) is 46.8 Å². The summed E-state index contributed by atoms with van der Waals surface area (Å²) >= 11 is 6.40. The number of benzene rings is 1. The molecule has 0 spiro atoms. The normalized spacial score (nSPS) is 16.2. The Morgan fingerprint density at radius 2 is 1.97 bits per heavy atom. The summed E-state index contributed by atoms with van der Waals surface area (Å²) in [5, 5.41) is 13.0. The molecule has 0 aromatic heterocycles. The average Bonchev–Trinajstić information content (AvgIpc) is 2.67. The monoisotopic (exact) mass is 424 g/mol. The number of hydrogen-bond acceptors (Lipinski definition) is 7. The van der Waals surface area contributed by atoms with Crippen LogP contribution in [0, 0.1) is 0 Å². The molecule has 160 valence electrons. The zero-order valence-corrected chi connectivity index (χ0v) is 16.7. The lowest BCUT2D eigenvalue weighted by molar-refractivity contribution is -0.139. The summed E-state index contributed by atoms with van der Waals surface area (Å²) in [5.74, 6) is -1.87. The van der Waals surface area contributed by atoms with Crippen molar-refractivity contribution in [3.8, 4) is 0 Å². The van der Waals surface area contributed by atoms with Crippen LogP contribution >= 0.6 is 11.6 Å². The standard InChI is InChI=1S/C20H25ClN2O5.CH4/c1-3-28-20(26)19-15(11-27-9-8-22)23-12(2)17(16(25)10-24)18(19)13-6-4-5-7-14(13)21;/h4-7,18,23-24H,3,8-11,22H2,1-2H3;1H4. The van der Waals surface area contributed by atoms with Gasteiger partial charge in [-0.1, -0.05) is 37.2 Å². The van der Waals surface area contributed by atoms with Crippen LogP contribution in [0.25, 0.3) is 0 Å². The molecule has 1 aromatic rings. The van der Waals surface area contributed by atoms with Crippen LogP contribution in [-0.2, 0) is 19.1 Å². The van der Waals surface area contributed by atoms with Crippen LogP contribution in [0.4, 0.5) is 0 Å². The van der Waals surface area contributed by atoms with E-state index in [0.717, 1.165) is 0 Å². The first-order valence-electron chi connectivity index (χ1n) is 9.00. The molecule has 1 atom stereocenters. The fourth-order valence-corrected chi connectivity index (χ4v) is 3.44. The minimum atomic E-state index is -0.787. The maximum absolute atomic E-state index is 12.9. The molecule has 8 heteroatoms. The molecule has 1 aromatic carbocycles. The van der Waals surface area contributed by atoms with Crippen LogP contribution in [0.1, 0.15) is 32.8 Å². The first-order valence-corrected chi connectivity index (χ1v) is 9.38. The number of halogens is 1. The molecular weight excluding hydrogens is 396 g/mol. The van der Waals surface area contributed by atoms with Gasteiger partial charge in [-0.2, -0.15) is 0 Å². The van der Waals surface area contributed by atoms with Gasteiger partial charge in [-0.3, -0.25) is 4.79 Å². The van der Waals surface area contributed by atoms with E-state index >= 15 is 0 Å². The number of allylic oxidation sites excluding steroid dienone is 1. The molecule has 0 saturated carbocycles. The van der Waals surface area contributed by atoms with Crippen LogP contribution in [0.5, 0.6) is 0 Å². The Kier molecular flexibility index (Phi) is 10.0. The number of carbonyl (C=O) groups excluding carboxylic acids is 2. The number of ketones is 1. The Labute approximate surface area is 176 Å². The van der Waals surface area contributed by atoms with Crippen LogP contribution < -0.4 is 11.1 Å². The smallest absolute Gasteiger partial charge is 0.336 e. The molecular formula is C21H29ClN2O5. The second-order valence-electron chi connectivity index (χ2n) is 6.15. The van der Waals surface area contributed by atoms with Crippen molar-refractivity contribution in [2.24, 2.45) is 5.73 Å². The minimum Gasteiger partial charge on any atom is -0.463 e. The molecule has 0 bridgehead atoms. The number of nitrogens with two attached hydrogens (primary N) is 1. The Morgan fingerprint density at radius 3 is 2.55 bits per heavy atom. The second-order valence-corrected chi connectivity index (χ2v) is 6.56. The van der Waals surface area contributed by atoms with Gasteiger partial charge in [0.15, 0.2) is 5.78 Å². The number of ether oxygens (including phenoxy) is 2. The number of hydrogen-bond donors (Lipinski definition) is 3. The highest BCUT2D eigenvalue weighted by Gasteiger charge is 2.38. The predicted molar refractivity (Wildman–Crippen MR) is 112 cm³/mol. The van der Waals surface area contributed by atoms with Gasteiger partial charge in [0.1, 0.15) is 6.61 Å². The Balaban J connectivity index is 0.00000420. The summed E-state index contributed by atoms with van der Waals surface area (Å²) in [4.78, 5) is 25.4. The molecule has 29 heavy (non-hydrogen) atoms. The molecule has 1 unspecified atom stereocenters. The molecule has 0 radical (unpaired) electrons. The second kappa shape index (κ2) is 11.7. The van der Waals surface area contributed by atoms with E-state index in [0.29, 0.717) is 35.1 Å². The van der Waals surface area contributed by atoms with E-state index in [-0.39, 0.29) is 31.8 Å². The highest BCUT2D eigenvalue weighted by Crippen LogP contribution is 2.41. The van der Waals surface area contributed by atoms with Gasteiger partial charge in [0.05, 0.1) is 31.1 Å². The number of aliphatic hydroxyl groups excluding tert-OH is 1. The predicted octanol–water partition coefficient (Wildman–Crippen LogP) is 2.29. The Morgan fingerprint density at radius 1 is 1.28 bits per heavy atom. The molecule has 2 rings (SSSR count). The number of Topliss-reactive ketones (excluding diaryl/α,β-unsaturated/α-hetero) is 1. The number of nitrogens with one attached hydrogen (secondary N) is 1. The summed E-state index contributed by atoms with van der Waals surface area (Å²) in [7, 11) is 0. The van der Waals surface area contributed by atoms with Gasteiger partial charge in [-0.25, -0.2) is 4.79 Å². The van der Waals surface area contributed by atoms with Gasteiger partial charge < -0.3 is 25.6 Å². The van der Waals surface area contributed by atoms with Crippen molar-refractivity contribution in [3.05, 3.63) is 57.4 Å². The van der Waals surface area contributed by atoms with E-state index in [1.54, 1.807) is 38.1 Å². The minimum absolute atomic E-state index is 0. The van der Waals surface area contributed by atoms with Gasteiger partial charge in [-0.15, -0.1) is 0 Å². The number of aliphatic hydroxyl groups is 1. The molecule has 0 aliphatic carbocycles. The van der Waals surface area contributed by atoms with Gasteiger partial charge in [0.25, 0.3) is 0 Å². The number of esters is 1. The molecule has 4 N–H and O–H groups in total. The van der Waals surface area contributed by atoms with E-state index in [4.69, 9.17) is 26.8 Å². The molecule has 0 amide bonds. The van der Waals surface area contributed by atoms with E-state index in [1.165, 1.54) is 0 Å². The maximum Gasteiger partial charge on any atom is 0.336 e. The maximum atomic E-state index is 12.9. The zero-order valence-electron chi connectivity index (χ0n) is 16.0. The summed E-state index contributed by atoms with van der Waals surface area (Å²) < 4.78 is 10.8. The van der Waals surface area contributed by atoms with Crippen molar-refractivity contribution in [3.63, 3.8) is 0 Å². The average molecular weight is 425 g/mol. The van der Waals surface area contributed by atoms with E-state index in [9.17, 15) is 14.7 Å². The van der Waals surface area contributed by atoms with Crippen molar-refractivity contribution in [1.29, 1.82) is 0 Å². The van der Waals surface area contributed by atoms with Crippen molar-refractivity contribution >= 4 is 23.4 Å². The Bertz CT molecular complexity index is 804. The van der Waals surface area contributed by atoms with Crippen molar-refractivity contribution in [2.75, 3.05) is 33.0 Å². The highest BCUT2D eigenvalue weighted by molar-refractivity contribution is 6.31. The summed E-state index contributed by atoms with van der Waals surface area (Å²) in [6.45, 7) is 3.61. The number of carbonyl (C=O) groups is 2. The van der Waals surface area contributed by atoms with Gasteiger partial charge in [-0.05, 0) is 25.5 Å². The quantitative estimate of drug-likeness (QED) is 0.412. The molecule has 1 heterocycles. The topological polar surface area (TPSA) is 111 Å². The van der Waals surface area contributed by atoms with Crippen LogP contribution in [-0.4, -0.2) is 49.8 Å². The first kappa shape index (κ1) is 24.8. The van der Waals surface area contributed by atoms with Crippen molar-refractivity contribution < 1.29 is 24.2 Å². The van der Waals surface area contributed by atoms with E-state index in [1.807, 2.05) is 0 Å². The highest BCUT2D eigenvalue weighted by atomic mass is 35.5. The summed E-state index contributed by atoms with van der Waals surface area (Å²) in [6.07, 6.45) is 0. The Hall–Kier alpha value is -2.19. The molecule has 1 aliphatic rings. The van der Waals surface area contributed by atoms with E-state index < -0.39 is 24.3 Å². The molecule has 1 aliphatic heterocycles. The fraction of sp³-hybridized carbons (Fsp3) is 0.429. The van der Waals surface area contributed by atoms with Gasteiger partial charge >= 0.3 is 5.97 Å². The molecule has 0 saturated heterocycles. The summed E-state index contributed by atoms with van der Waals surface area (Å²) in [5.41, 5.74) is 7.54. The number of rotatable bonds is 9. The fourth-order valence-electron chi connectivity index (χ4n) is 3.19. The molecule has 0 fully saturated rings. The van der Waals surface area contributed by atoms with Crippen LogP contribution in [0.3, 0.4) is 0 Å². The number of dihydropyridines is 1. The van der Waals surface area contributed by atoms with Crippen molar-refractivity contribution in [1.82, 2.24) is 5.32 Å². The van der Waals surface area contributed by atoms with Crippen molar-refractivity contribution in [2.45, 2.75) is 27.2 Å². The molecule has 7 nitrogen and oxygen atoms in total. The van der Waals surface area contributed by atoms with Gasteiger partial charge in [0.2, 0.25) is 0 Å². The SMILES string of the molecule is C.CCOC(=O)C1=C(COCCN)NC(C)=C(C(=O)CO)C1c1ccccc1Cl. The van der Waals surface area contributed by atoms with E-state index in [2.05, 4.69) is 5.32 Å². The third kappa shape index (κ3) is 5.67. The zero-order chi connectivity index (χ0) is 20.7. The summed E-state index contributed by atoms with van der Waals surface area (Å²) in [6, 6.07) is 6.96. The lowest BCUT2D eigenvalue weighted by Crippen LogP contribution is -2.35. The third-order valence-corrected chi connectivity index (χ3v) is 4.65. The van der Waals surface area contributed by atoms with Gasteiger partial charge in [0, 0.05) is 28.8 Å². The lowest BCUT2D eigenvalue weighted by atomic mass is 9.78. The largest absolute Gasteiger partial charge is 0.463 e. The van der Waals surface area contributed by atoms with Crippen LogP contribution in [0.2, 0.25) is 5.02 Å².